The number of amides is 1. The first kappa shape index (κ1) is 21.2. The van der Waals surface area contributed by atoms with Gasteiger partial charge in [-0.25, -0.2) is 0 Å². The summed E-state index contributed by atoms with van der Waals surface area (Å²) in [5.74, 6) is 3.12. The van der Waals surface area contributed by atoms with Gasteiger partial charge in [0.2, 0.25) is 0 Å². The molecule has 0 radical (unpaired) electrons. The van der Waals surface area contributed by atoms with Gasteiger partial charge in [0.05, 0.1) is 13.2 Å². The minimum atomic E-state index is 0.0131. The highest BCUT2D eigenvalue weighted by Crippen LogP contribution is 2.29. The highest BCUT2D eigenvalue weighted by molar-refractivity contribution is 5.95. The molecule has 8 heteroatoms. The van der Waals surface area contributed by atoms with E-state index in [0.29, 0.717) is 43.4 Å². The number of hydrogen-bond acceptors (Lipinski definition) is 7. The van der Waals surface area contributed by atoms with Crippen LogP contribution in [0.25, 0.3) is 0 Å². The Hall–Kier alpha value is -3.03. The minimum Gasteiger partial charge on any atom is -0.490 e. The Labute approximate surface area is 183 Å². The van der Waals surface area contributed by atoms with Crippen molar-refractivity contribution in [3.05, 3.63) is 35.9 Å². The maximum atomic E-state index is 13.0. The molecule has 0 spiro atoms. The summed E-state index contributed by atoms with van der Waals surface area (Å²) in [6, 6.07) is 9.51. The van der Waals surface area contributed by atoms with E-state index in [0.717, 1.165) is 37.8 Å². The Morgan fingerprint density at radius 1 is 0.806 bits per heavy atom. The van der Waals surface area contributed by atoms with Gasteiger partial charge < -0.3 is 24.2 Å². The molecule has 2 saturated heterocycles. The maximum Gasteiger partial charge on any atom is 0.254 e. The van der Waals surface area contributed by atoms with Gasteiger partial charge in [0.1, 0.15) is 0 Å². The molecule has 31 heavy (non-hydrogen) atoms. The molecule has 0 bridgehead atoms. The van der Waals surface area contributed by atoms with Gasteiger partial charge in [-0.05, 0) is 57.0 Å². The molecule has 1 aromatic carbocycles. The van der Waals surface area contributed by atoms with E-state index < -0.39 is 0 Å². The Kier molecular flexibility index (Phi) is 6.74. The zero-order valence-corrected chi connectivity index (χ0v) is 18.4. The van der Waals surface area contributed by atoms with Gasteiger partial charge in [-0.1, -0.05) is 0 Å². The quantitative estimate of drug-likeness (QED) is 0.675. The van der Waals surface area contributed by atoms with Crippen molar-refractivity contribution >= 4 is 17.5 Å². The van der Waals surface area contributed by atoms with Crippen LogP contribution in [0.4, 0.5) is 11.6 Å². The van der Waals surface area contributed by atoms with Crippen molar-refractivity contribution in [3.63, 3.8) is 0 Å². The Morgan fingerprint density at radius 2 is 1.39 bits per heavy atom. The largest absolute Gasteiger partial charge is 0.490 e. The number of carbonyl (C=O) groups is 1. The van der Waals surface area contributed by atoms with Crippen LogP contribution in [0.3, 0.4) is 0 Å². The third-order valence-electron chi connectivity index (χ3n) is 5.75. The lowest BCUT2D eigenvalue weighted by Crippen LogP contribution is -2.49. The van der Waals surface area contributed by atoms with Crippen LogP contribution in [0.2, 0.25) is 0 Å². The molecule has 2 fully saturated rings. The number of benzene rings is 1. The topological polar surface area (TPSA) is 71.0 Å². The number of carbonyl (C=O) groups excluding carboxylic acids is 1. The first-order valence-corrected chi connectivity index (χ1v) is 11.2. The van der Waals surface area contributed by atoms with Crippen LogP contribution in [-0.2, 0) is 0 Å². The van der Waals surface area contributed by atoms with Gasteiger partial charge in [-0.2, -0.15) is 0 Å². The van der Waals surface area contributed by atoms with Gasteiger partial charge >= 0.3 is 0 Å². The SMILES string of the molecule is CCOc1ccc(C(=O)N2CCN(c3ccc(N4CCCC4)nn3)CC2)cc1OCC. The second-order valence-electron chi connectivity index (χ2n) is 7.75. The van der Waals surface area contributed by atoms with Crippen LogP contribution < -0.4 is 19.3 Å². The molecule has 0 N–H and O–H groups in total. The lowest BCUT2D eigenvalue weighted by Gasteiger charge is -2.35. The van der Waals surface area contributed by atoms with E-state index >= 15 is 0 Å². The summed E-state index contributed by atoms with van der Waals surface area (Å²) in [5.41, 5.74) is 0.620. The van der Waals surface area contributed by atoms with Gasteiger partial charge in [0, 0.05) is 44.8 Å². The second kappa shape index (κ2) is 9.85. The molecule has 1 amide bonds. The fourth-order valence-electron chi connectivity index (χ4n) is 4.11. The number of rotatable bonds is 7. The minimum absolute atomic E-state index is 0.0131. The fraction of sp³-hybridized carbons (Fsp3) is 0.522. The summed E-state index contributed by atoms with van der Waals surface area (Å²) in [6.07, 6.45) is 2.44. The monoisotopic (exact) mass is 425 g/mol. The first-order valence-electron chi connectivity index (χ1n) is 11.2. The molecule has 166 valence electrons. The summed E-state index contributed by atoms with van der Waals surface area (Å²) in [6.45, 7) is 9.80. The average molecular weight is 426 g/mol. The lowest BCUT2D eigenvalue weighted by molar-refractivity contribution is 0.0746. The predicted octanol–water partition coefficient (Wildman–Crippen LogP) is 2.84. The third kappa shape index (κ3) is 4.84. The van der Waals surface area contributed by atoms with Crippen molar-refractivity contribution < 1.29 is 14.3 Å². The van der Waals surface area contributed by atoms with Crippen molar-refractivity contribution in [2.45, 2.75) is 26.7 Å². The van der Waals surface area contributed by atoms with Crippen LogP contribution in [-0.4, -0.2) is 73.5 Å². The number of nitrogens with zero attached hydrogens (tertiary/aromatic N) is 5. The number of ether oxygens (including phenoxy) is 2. The molecule has 2 aliphatic rings. The van der Waals surface area contributed by atoms with Crippen LogP contribution >= 0.6 is 0 Å². The molecule has 2 aliphatic heterocycles. The molecular formula is C23H31N5O3. The van der Waals surface area contributed by atoms with E-state index in [1.807, 2.05) is 36.9 Å². The Balaban J connectivity index is 1.37. The van der Waals surface area contributed by atoms with E-state index in [-0.39, 0.29) is 5.91 Å². The van der Waals surface area contributed by atoms with Gasteiger partial charge in [0.15, 0.2) is 23.1 Å². The maximum absolute atomic E-state index is 13.0. The van der Waals surface area contributed by atoms with Crippen LogP contribution in [0.1, 0.15) is 37.0 Å². The van der Waals surface area contributed by atoms with E-state index in [1.54, 1.807) is 6.07 Å². The second-order valence-corrected chi connectivity index (χ2v) is 7.75. The number of anilines is 2. The molecule has 1 aromatic heterocycles. The number of piperazine rings is 1. The predicted molar refractivity (Wildman–Crippen MR) is 120 cm³/mol. The molecular weight excluding hydrogens is 394 g/mol. The molecule has 2 aromatic rings. The normalized spacial score (nSPS) is 16.5. The van der Waals surface area contributed by atoms with E-state index in [1.165, 1.54) is 12.8 Å². The molecule has 0 atom stereocenters. The first-order chi connectivity index (χ1) is 15.2. The molecule has 0 unspecified atom stereocenters. The molecule has 4 rings (SSSR count). The molecule has 0 aliphatic carbocycles. The van der Waals surface area contributed by atoms with Crippen molar-refractivity contribution in [1.82, 2.24) is 15.1 Å². The molecule has 0 saturated carbocycles. The van der Waals surface area contributed by atoms with Crippen molar-refractivity contribution in [3.8, 4) is 11.5 Å². The summed E-state index contributed by atoms with van der Waals surface area (Å²) < 4.78 is 11.3. The number of aromatic nitrogens is 2. The summed E-state index contributed by atoms with van der Waals surface area (Å²) in [5, 5.41) is 8.85. The van der Waals surface area contributed by atoms with Crippen LogP contribution in [0.15, 0.2) is 30.3 Å². The summed E-state index contributed by atoms with van der Waals surface area (Å²) in [7, 11) is 0. The average Bonchev–Trinajstić information content (AvgIpc) is 3.35. The Morgan fingerprint density at radius 3 is 1.97 bits per heavy atom. The zero-order chi connectivity index (χ0) is 21.6. The van der Waals surface area contributed by atoms with Crippen molar-refractivity contribution in [1.29, 1.82) is 0 Å². The summed E-state index contributed by atoms with van der Waals surface area (Å²) >= 11 is 0. The Bertz CT molecular complexity index is 875. The van der Waals surface area contributed by atoms with Gasteiger partial charge in [0.25, 0.3) is 5.91 Å². The van der Waals surface area contributed by atoms with Crippen LogP contribution in [0, 0.1) is 0 Å². The highest BCUT2D eigenvalue weighted by atomic mass is 16.5. The molecule has 3 heterocycles. The zero-order valence-electron chi connectivity index (χ0n) is 18.4. The number of hydrogen-bond donors (Lipinski definition) is 0. The molecule has 8 nitrogen and oxygen atoms in total. The van der Waals surface area contributed by atoms with Crippen molar-refractivity contribution in [2.24, 2.45) is 0 Å². The van der Waals surface area contributed by atoms with E-state index in [4.69, 9.17) is 9.47 Å². The van der Waals surface area contributed by atoms with Crippen molar-refractivity contribution in [2.75, 3.05) is 62.3 Å². The van der Waals surface area contributed by atoms with Gasteiger partial charge in [-0.15, -0.1) is 10.2 Å². The lowest BCUT2D eigenvalue weighted by atomic mass is 10.1. The van der Waals surface area contributed by atoms with E-state index in [2.05, 4.69) is 26.1 Å². The fourth-order valence-corrected chi connectivity index (χ4v) is 4.11. The highest BCUT2D eigenvalue weighted by Gasteiger charge is 2.24. The smallest absolute Gasteiger partial charge is 0.254 e. The van der Waals surface area contributed by atoms with E-state index in [9.17, 15) is 4.79 Å². The standard InChI is InChI=1S/C23H31N5O3/c1-3-30-19-8-7-18(17-20(19)31-4-2)23(29)28-15-13-27(14-16-28)22-10-9-21(24-25-22)26-11-5-6-12-26/h7-10,17H,3-6,11-16H2,1-2H3. The summed E-state index contributed by atoms with van der Waals surface area (Å²) in [4.78, 5) is 19.4. The van der Waals surface area contributed by atoms with Crippen LogP contribution in [0.5, 0.6) is 11.5 Å². The third-order valence-corrected chi connectivity index (χ3v) is 5.75. The van der Waals surface area contributed by atoms with Gasteiger partial charge in [-0.3, -0.25) is 4.79 Å².